The Kier molecular flexibility index (Phi) is 7.18. The van der Waals surface area contributed by atoms with Crippen LogP contribution in [0.25, 0.3) is 0 Å². The van der Waals surface area contributed by atoms with Gasteiger partial charge in [-0.1, -0.05) is 87.7 Å². The highest BCUT2D eigenvalue weighted by molar-refractivity contribution is 8.34. The van der Waals surface area contributed by atoms with Gasteiger partial charge in [-0.2, -0.15) is 10.0 Å². The molecule has 0 saturated carbocycles. The fourth-order valence-corrected chi connectivity index (χ4v) is 8.98. The van der Waals surface area contributed by atoms with Gasteiger partial charge in [-0.25, -0.2) is 0 Å². The van der Waals surface area contributed by atoms with Crippen molar-refractivity contribution in [2.45, 2.75) is 65.9 Å². The van der Waals surface area contributed by atoms with Gasteiger partial charge in [0.15, 0.2) is 0 Å². The van der Waals surface area contributed by atoms with E-state index < -0.39 is 10.0 Å². The lowest BCUT2D eigenvalue weighted by Gasteiger charge is -2.48. The van der Waals surface area contributed by atoms with E-state index in [1.807, 2.05) is 0 Å². The van der Waals surface area contributed by atoms with Crippen LogP contribution in [0, 0.1) is 0 Å². The first-order chi connectivity index (χ1) is 13.3. The SMILES string of the molecule is CCCCC(CCC)S(c1ccccc1)(c1ccccc1)c1ccccc1. The van der Waals surface area contributed by atoms with Crippen molar-refractivity contribution in [2.24, 2.45) is 0 Å². The number of hydrogen-bond acceptors (Lipinski definition) is 0. The Labute approximate surface area is 167 Å². The molecule has 1 atom stereocenters. The molecular formula is C26H32S. The average Bonchev–Trinajstić information content (AvgIpc) is 2.75. The largest absolute Gasteiger partial charge is 0.157 e. The molecule has 0 aliphatic carbocycles. The summed E-state index contributed by atoms with van der Waals surface area (Å²) in [4.78, 5) is 4.49. The van der Waals surface area contributed by atoms with Crippen LogP contribution in [0.3, 0.4) is 0 Å². The fraction of sp³-hybridized carbons (Fsp3) is 0.308. The molecule has 0 nitrogen and oxygen atoms in total. The molecule has 3 rings (SSSR count). The Hall–Kier alpha value is -1.99. The Bertz CT molecular complexity index is 684. The fourth-order valence-electron chi connectivity index (χ4n) is 4.14. The number of benzene rings is 3. The summed E-state index contributed by atoms with van der Waals surface area (Å²) in [6.45, 7) is 4.65. The minimum absolute atomic E-state index is 0.662. The molecule has 0 fully saturated rings. The second kappa shape index (κ2) is 9.80. The lowest BCUT2D eigenvalue weighted by atomic mass is 10.1. The van der Waals surface area contributed by atoms with Crippen molar-refractivity contribution in [3.8, 4) is 0 Å². The predicted molar refractivity (Wildman–Crippen MR) is 120 cm³/mol. The van der Waals surface area contributed by atoms with Gasteiger partial charge in [0.05, 0.1) is 0 Å². The molecule has 27 heavy (non-hydrogen) atoms. The van der Waals surface area contributed by atoms with E-state index in [0.29, 0.717) is 5.25 Å². The van der Waals surface area contributed by atoms with Gasteiger partial charge in [-0.05, 0) is 63.9 Å². The zero-order chi connectivity index (χ0) is 19.0. The van der Waals surface area contributed by atoms with Crippen molar-refractivity contribution in [1.82, 2.24) is 0 Å². The van der Waals surface area contributed by atoms with Crippen molar-refractivity contribution in [3.63, 3.8) is 0 Å². The number of rotatable bonds is 9. The van der Waals surface area contributed by atoms with Gasteiger partial charge >= 0.3 is 0 Å². The normalized spacial score (nSPS) is 13.3. The lowest BCUT2D eigenvalue weighted by Crippen LogP contribution is -2.20. The monoisotopic (exact) mass is 376 g/mol. The molecule has 0 aliphatic rings. The third-order valence-electron chi connectivity index (χ3n) is 5.34. The molecule has 1 heteroatoms. The first-order valence-electron chi connectivity index (χ1n) is 10.3. The highest BCUT2D eigenvalue weighted by Crippen LogP contribution is 2.72. The van der Waals surface area contributed by atoms with Crippen LogP contribution < -0.4 is 0 Å². The minimum Gasteiger partial charge on any atom is -0.157 e. The van der Waals surface area contributed by atoms with Crippen LogP contribution in [0.15, 0.2) is 106 Å². The van der Waals surface area contributed by atoms with Gasteiger partial charge in [0.2, 0.25) is 0 Å². The molecule has 3 aromatic rings. The van der Waals surface area contributed by atoms with E-state index in [0.717, 1.165) is 0 Å². The highest BCUT2D eigenvalue weighted by atomic mass is 32.3. The van der Waals surface area contributed by atoms with Gasteiger partial charge < -0.3 is 0 Å². The summed E-state index contributed by atoms with van der Waals surface area (Å²) in [6.07, 6.45) is 6.35. The maximum absolute atomic E-state index is 2.37. The molecular weight excluding hydrogens is 344 g/mol. The van der Waals surface area contributed by atoms with E-state index in [2.05, 4.69) is 105 Å². The minimum atomic E-state index is -1.31. The van der Waals surface area contributed by atoms with Crippen molar-refractivity contribution < 1.29 is 0 Å². The van der Waals surface area contributed by atoms with Gasteiger partial charge in [-0.15, -0.1) is 0 Å². The topological polar surface area (TPSA) is 0 Å². The van der Waals surface area contributed by atoms with Crippen LogP contribution in [0.1, 0.15) is 46.0 Å². The van der Waals surface area contributed by atoms with Crippen molar-refractivity contribution in [2.75, 3.05) is 0 Å². The Morgan fingerprint density at radius 2 is 0.963 bits per heavy atom. The van der Waals surface area contributed by atoms with Crippen molar-refractivity contribution in [1.29, 1.82) is 0 Å². The van der Waals surface area contributed by atoms with Crippen LogP contribution >= 0.6 is 10.0 Å². The molecule has 1 unspecified atom stereocenters. The first-order valence-corrected chi connectivity index (χ1v) is 12.0. The number of unbranched alkanes of at least 4 members (excludes halogenated alkanes) is 1. The molecule has 0 heterocycles. The van der Waals surface area contributed by atoms with Crippen molar-refractivity contribution >= 4 is 10.0 Å². The molecule has 0 N–H and O–H groups in total. The van der Waals surface area contributed by atoms with E-state index in [1.54, 1.807) is 0 Å². The van der Waals surface area contributed by atoms with Gasteiger partial charge in [0, 0.05) is 5.25 Å². The zero-order valence-corrected chi connectivity index (χ0v) is 17.5. The molecule has 0 saturated heterocycles. The quantitative estimate of drug-likeness (QED) is 0.352. The molecule has 0 aromatic heterocycles. The van der Waals surface area contributed by atoms with Gasteiger partial charge in [-0.3, -0.25) is 0 Å². The molecule has 142 valence electrons. The Morgan fingerprint density at radius 1 is 0.556 bits per heavy atom. The predicted octanol–water partition coefficient (Wildman–Crippen LogP) is 8.33. The van der Waals surface area contributed by atoms with E-state index in [-0.39, 0.29) is 0 Å². The summed E-state index contributed by atoms with van der Waals surface area (Å²) in [6, 6.07) is 33.9. The van der Waals surface area contributed by atoms with Crippen LogP contribution in [0.2, 0.25) is 0 Å². The third kappa shape index (κ3) is 4.14. The summed E-state index contributed by atoms with van der Waals surface area (Å²) < 4.78 is 0. The first kappa shape index (κ1) is 19.8. The summed E-state index contributed by atoms with van der Waals surface area (Å²) in [7, 11) is -1.31. The maximum atomic E-state index is 2.37. The van der Waals surface area contributed by atoms with E-state index in [9.17, 15) is 0 Å². The van der Waals surface area contributed by atoms with Gasteiger partial charge in [0.1, 0.15) is 0 Å². The van der Waals surface area contributed by atoms with Crippen LogP contribution in [-0.4, -0.2) is 5.25 Å². The zero-order valence-electron chi connectivity index (χ0n) is 16.7. The Balaban J connectivity index is 2.31. The smallest absolute Gasteiger partial charge is 0.000694 e. The highest BCUT2D eigenvalue weighted by Gasteiger charge is 2.37. The van der Waals surface area contributed by atoms with Crippen LogP contribution in [0.4, 0.5) is 0 Å². The van der Waals surface area contributed by atoms with Crippen LogP contribution in [-0.2, 0) is 0 Å². The third-order valence-corrected chi connectivity index (χ3v) is 9.85. The standard InChI is InChI=1S/C26H32S/c1-3-5-16-23(15-4-2)27(24-17-9-6-10-18-24,25-19-11-7-12-20-25)26-21-13-8-14-22-26/h6-14,17-23H,3-5,15-16H2,1-2H3. The lowest BCUT2D eigenvalue weighted by molar-refractivity contribution is 0.630. The molecule has 0 spiro atoms. The van der Waals surface area contributed by atoms with E-state index >= 15 is 0 Å². The van der Waals surface area contributed by atoms with Crippen molar-refractivity contribution in [3.05, 3.63) is 91.0 Å². The molecule has 0 radical (unpaired) electrons. The van der Waals surface area contributed by atoms with Crippen LogP contribution in [0.5, 0.6) is 0 Å². The molecule has 3 aromatic carbocycles. The summed E-state index contributed by atoms with van der Waals surface area (Å²) in [5.41, 5.74) is 0. The molecule has 0 amide bonds. The number of hydrogen-bond donors (Lipinski definition) is 0. The Morgan fingerprint density at radius 3 is 1.30 bits per heavy atom. The second-order valence-corrected chi connectivity index (χ2v) is 10.6. The average molecular weight is 377 g/mol. The summed E-state index contributed by atoms with van der Waals surface area (Å²) >= 11 is 0. The molecule has 0 bridgehead atoms. The van der Waals surface area contributed by atoms with E-state index in [1.165, 1.54) is 46.8 Å². The summed E-state index contributed by atoms with van der Waals surface area (Å²) in [5, 5.41) is 0.662. The van der Waals surface area contributed by atoms with E-state index in [4.69, 9.17) is 0 Å². The molecule has 0 aliphatic heterocycles. The summed E-state index contributed by atoms with van der Waals surface area (Å²) in [5.74, 6) is 0. The van der Waals surface area contributed by atoms with Gasteiger partial charge in [0.25, 0.3) is 0 Å². The maximum Gasteiger partial charge on any atom is 0.000694 e. The second-order valence-electron chi connectivity index (χ2n) is 7.15.